The average Bonchev–Trinajstić information content (AvgIpc) is 3.64. The molecule has 2 unspecified atom stereocenters. The van der Waals surface area contributed by atoms with Crippen molar-refractivity contribution in [3.63, 3.8) is 0 Å². The number of ether oxygens (including phenoxy) is 2. The van der Waals surface area contributed by atoms with Gasteiger partial charge >= 0.3 is 12.2 Å². The Morgan fingerprint density at radius 2 is 1.23 bits per heavy atom. The van der Waals surface area contributed by atoms with Gasteiger partial charge in [-0.2, -0.15) is 0 Å². The lowest BCUT2D eigenvalue weighted by atomic mass is 9.86. The zero-order chi connectivity index (χ0) is 38.0. The highest BCUT2D eigenvalue weighted by Gasteiger charge is 2.35. The highest BCUT2D eigenvalue weighted by Crippen LogP contribution is 2.40. The van der Waals surface area contributed by atoms with Gasteiger partial charge in [-0.3, -0.25) is 0 Å². The number of carbonyl (C=O) groups is 2. The summed E-state index contributed by atoms with van der Waals surface area (Å²) in [6, 6.07) is 16.5. The van der Waals surface area contributed by atoms with Gasteiger partial charge in [0, 0.05) is 10.9 Å². The summed E-state index contributed by atoms with van der Waals surface area (Å²) in [5.41, 5.74) is 6.64. The predicted octanol–water partition coefficient (Wildman–Crippen LogP) is 10.1. The second-order valence-electron chi connectivity index (χ2n) is 18.2. The van der Waals surface area contributed by atoms with Gasteiger partial charge in [0.15, 0.2) is 0 Å². The summed E-state index contributed by atoms with van der Waals surface area (Å²) >= 11 is 0. The van der Waals surface area contributed by atoms with Crippen molar-refractivity contribution in [2.24, 2.45) is 10.8 Å². The van der Waals surface area contributed by atoms with E-state index in [1.54, 1.807) is 0 Å². The maximum absolute atomic E-state index is 12.8. The van der Waals surface area contributed by atoms with Crippen LogP contribution in [0.5, 0.6) is 0 Å². The standard InChI is InChI=1S/C42H54N6O4/c1-39(2,3)33(47-37(49)51-41(7,8)9)35-43-29-19-15-25-21-23(13-17-27(25)31(29)45-35)24-14-18-28-26(22-24)16-20-30-32(28)46-36(44-30)34(40(4,5)6)48-38(50)52-42(10,11)12/h13-15,17-19,21-22,33-34H,16,20H2,1-12H3,(H,43,45)(H,44,46)(H,47,49)(H,48,50). The molecule has 0 saturated carbocycles. The zero-order valence-corrected chi connectivity index (χ0v) is 32.7. The van der Waals surface area contributed by atoms with E-state index in [4.69, 9.17) is 19.4 Å². The third kappa shape index (κ3) is 7.96. The Morgan fingerprint density at radius 3 is 1.81 bits per heavy atom. The molecule has 4 N–H and O–H groups in total. The van der Waals surface area contributed by atoms with Crippen molar-refractivity contribution in [1.29, 1.82) is 0 Å². The Bertz CT molecular complexity index is 2150. The first kappa shape index (κ1) is 36.9. The monoisotopic (exact) mass is 706 g/mol. The van der Waals surface area contributed by atoms with Crippen LogP contribution in [0.2, 0.25) is 0 Å². The van der Waals surface area contributed by atoms with Crippen LogP contribution in [-0.4, -0.2) is 43.3 Å². The first-order chi connectivity index (χ1) is 24.1. The fraction of sp³-hybridized carbons (Fsp3) is 0.476. The van der Waals surface area contributed by atoms with Crippen molar-refractivity contribution in [3.8, 4) is 22.4 Å². The van der Waals surface area contributed by atoms with Crippen LogP contribution in [0.1, 0.15) is 118 Å². The lowest BCUT2D eigenvalue weighted by Gasteiger charge is -2.31. The van der Waals surface area contributed by atoms with Crippen molar-refractivity contribution < 1.29 is 19.1 Å². The average molecular weight is 707 g/mol. The van der Waals surface area contributed by atoms with Crippen LogP contribution in [0.25, 0.3) is 44.2 Å². The highest BCUT2D eigenvalue weighted by atomic mass is 16.6. The van der Waals surface area contributed by atoms with Crippen LogP contribution in [0, 0.1) is 10.8 Å². The number of H-pyrrole nitrogens is 2. The summed E-state index contributed by atoms with van der Waals surface area (Å²) in [5, 5.41) is 8.26. The molecule has 0 radical (unpaired) electrons. The van der Waals surface area contributed by atoms with Crippen LogP contribution >= 0.6 is 0 Å². The molecule has 52 heavy (non-hydrogen) atoms. The number of hydrogen-bond acceptors (Lipinski definition) is 6. The van der Waals surface area contributed by atoms with Gasteiger partial charge in [0.1, 0.15) is 22.9 Å². The molecule has 2 amide bonds. The van der Waals surface area contributed by atoms with Gasteiger partial charge in [-0.05, 0) is 99.4 Å². The minimum atomic E-state index is -0.601. The molecule has 0 spiro atoms. The molecule has 0 saturated heterocycles. The van der Waals surface area contributed by atoms with Crippen molar-refractivity contribution in [3.05, 3.63) is 71.4 Å². The summed E-state index contributed by atoms with van der Waals surface area (Å²) in [4.78, 5) is 42.6. The van der Waals surface area contributed by atoms with E-state index in [-0.39, 0.29) is 22.9 Å². The number of fused-ring (bicyclic) bond motifs is 6. The second-order valence-corrected chi connectivity index (χ2v) is 18.2. The SMILES string of the molecule is CC(C)(C)OC(=O)NC(c1nc2c([nH]1)-c1ccc(-c3ccc4c(ccc5nc(C(NC(=O)OC(C)(C)C)C(C)(C)C)[nH]c54)c3)cc1CC2)C(C)(C)C. The van der Waals surface area contributed by atoms with E-state index in [0.717, 1.165) is 68.6 Å². The first-order valence-electron chi connectivity index (χ1n) is 18.2. The minimum absolute atomic E-state index is 0.297. The first-order valence-corrected chi connectivity index (χ1v) is 18.2. The Labute approximate surface area is 306 Å². The molecule has 6 rings (SSSR count). The number of hydrogen-bond donors (Lipinski definition) is 4. The van der Waals surface area contributed by atoms with E-state index in [1.807, 2.05) is 47.6 Å². The molecule has 276 valence electrons. The van der Waals surface area contributed by atoms with Gasteiger partial charge in [0.25, 0.3) is 0 Å². The number of carbonyl (C=O) groups excluding carboxylic acids is 2. The molecule has 3 aromatic carbocycles. The Balaban J connectivity index is 1.28. The van der Waals surface area contributed by atoms with Crippen molar-refractivity contribution in [2.45, 2.75) is 119 Å². The minimum Gasteiger partial charge on any atom is -0.444 e. The molecular weight excluding hydrogens is 652 g/mol. The molecule has 0 fully saturated rings. The Kier molecular flexibility index (Phi) is 9.21. The summed E-state index contributed by atoms with van der Waals surface area (Å²) in [6.07, 6.45) is 0.750. The number of aryl methyl sites for hydroxylation is 2. The molecule has 2 heterocycles. The number of nitrogens with one attached hydrogen (secondary N) is 4. The Morgan fingerprint density at radius 1 is 0.673 bits per heavy atom. The normalized spacial score (nSPS) is 14.8. The van der Waals surface area contributed by atoms with E-state index in [0.29, 0.717) is 5.82 Å². The third-order valence-electron chi connectivity index (χ3n) is 9.23. The number of amides is 2. The lowest BCUT2D eigenvalue weighted by Crippen LogP contribution is -2.40. The van der Waals surface area contributed by atoms with Crippen LogP contribution in [0.3, 0.4) is 0 Å². The number of benzene rings is 3. The van der Waals surface area contributed by atoms with E-state index in [2.05, 4.69) is 105 Å². The third-order valence-corrected chi connectivity index (χ3v) is 9.23. The zero-order valence-electron chi connectivity index (χ0n) is 32.7. The highest BCUT2D eigenvalue weighted by molar-refractivity contribution is 6.05. The van der Waals surface area contributed by atoms with Crippen LogP contribution in [0.4, 0.5) is 9.59 Å². The largest absolute Gasteiger partial charge is 0.444 e. The van der Waals surface area contributed by atoms with E-state index >= 15 is 0 Å². The number of aromatic nitrogens is 4. The number of alkyl carbamates (subject to hydrolysis) is 2. The predicted molar refractivity (Wildman–Crippen MR) is 207 cm³/mol. The molecule has 1 aliphatic rings. The molecule has 5 aromatic rings. The van der Waals surface area contributed by atoms with Gasteiger partial charge in [-0.25, -0.2) is 19.6 Å². The summed E-state index contributed by atoms with van der Waals surface area (Å²) < 4.78 is 11.1. The Hall–Kier alpha value is -4.86. The quantitative estimate of drug-likeness (QED) is 0.144. The fourth-order valence-corrected chi connectivity index (χ4v) is 6.83. The summed E-state index contributed by atoms with van der Waals surface area (Å²) in [6.45, 7) is 23.6. The van der Waals surface area contributed by atoms with Crippen molar-refractivity contribution in [2.75, 3.05) is 0 Å². The molecular formula is C42H54N6O4. The molecule has 1 aliphatic carbocycles. The maximum atomic E-state index is 12.8. The van der Waals surface area contributed by atoms with E-state index in [1.165, 1.54) is 5.56 Å². The van der Waals surface area contributed by atoms with Crippen LogP contribution in [0.15, 0.2) is 48.5 Å². The van der Waals surface area contributed by atoms with Gasteiger partial charge in [0.2, 0.25) is 0 Å². The number of rotatable bonds is 5. The van der Waals surface area contributed by atoms with Gasteiger partial charge < -0.3 is 30.1 Å². The van der Waals surface area contributed by atoms with Gasteiger partial charge in [-0.15, -0.1) is 0 Å². The van der Waals surface area contributed by atoms with Crippen LogP contribution in [-0.2, 0) is 22.3 Å². The molecule has 10 heteroatoms. The molecule has 0 aliphatic heterocycles. The number of aromatic amines is 2. The number of imidazole rings is 2. The molecule has 2 aromatic heterocycles. The maximum Gasteiger partial charge on any atom is 0.408 e. The summed E-state index contributed by atoms with van der Waals surface area (Å²) in [5.74, 6) is 1.42. The molecule has 10 nitrogen and oxygen atoms in total. The topological polar surface area (TPSA) is 134 Å². The number of nitrogens with zero attached hydrogens (tertiary/aromatic N) is 2. The van der Waals surface area contributed by atoms with E-state index < -0.39 is 23.4 Å². The van der Waals surface area contributed by atoms with Crippen LogP contribution < -0.4 is 10.6 Å². The van der Waals surface area contributed by atoms with Crippen molar-refractivity contribution >= 4 is 34.0 Å². The molecule has 2 atom stereocenters. The fourth-order valence-electron chi connectivity index (χ4n) is 6.83. The smallest absolute Gasteiger partial charge is 0.408 e. The van der Waals surface area contributed by atoms with Crippen molar-refractivity contribution in [1.82, 2.24) is 30.6 Å². The van der Waals surface area contributed by atoms with Gasteiger partial charge in [0.05, 0.1) is 34.5 Å². The van der Waals surface area contributed by atoms with E-state index in [9.17, 15) is 9.59 Å². The van der Waals surface area contributed by atoms with Gasteiger partial charge in [-0.1, -0.05) is 77.9 Å². The lowest BCUT2D eigenvalue weighted by molar-refractivity contribution is 0.0448. The molecule has 0 bridgehead atoms. The summed E-state index contributed by atoms with van der Waals surface area (Å²) in [7, 11) is 0. The second kappa shape index (κ2) is 13.0.